The van der Waals surface area contributed by atoms with Gasteiger partial charge in [-0.3, -0.25) is 0 Å². The second kappa shape index (κ2) is 7.72. The summed E-state index contributed by atoms with van der Waals surface area (Å²) in [7, 11) is 1.64. The van der Waals surface area contributed by atoms with Crippen molar-refractivity contribution in [3.05, 3.63) is 71.3 Å². The van der Waals surface area contributed by atoms with Crippen molar-refractivity contribution in [2.24, 2.45) is 0 Å². The Balaban J connectivity index is 1.84. The summed E-state index contributed by atoms with van der Waals surface area (Å²) in [5.74, 6) is 0. The Morgan fingerprint density at radius 1 is 0.789 bits per heavy atom. The minimum Gasteiger partial charge on any atom is -0.359 e. The smallest absolute Gasteiger partial charge is 0.146 e. The van der Waals surface area contributed by atoms with E-state index < -0.39 is 0 Å². The Hall–Kier alpha value is -1.64. The van der Waals surface area contributed by atoms with Crippen LogP contribution < -0.4 is 0 Å². The van der Waals surface area contributed by atoms with Crippen molar-refractivity contribution < 1.29 is 9.47 Å². The van der Waals surface area contributed by atoms with Gasteiger partial charge in [-0.15, -0.1) is 0 Å². The first-order valence-electron chi connectivity index (χ1n) is 6.57. The van der Waals surface area contributed by atoms with Gasteiger partial charge in [0.15, 0.2) is 0 Å². The molecule has 0 aliphatic carbocycles. The summed E-state index contributed by atoms with van der Waals surface area (Å²) in [5.41, 5.74) is 3.99. The first kappa shape index (κ1) is 13.8. The molecule has 0 saturated heterocycles. The summed E-state index contributed by atoms with van der Waals surface area (Å²) in [5, 5.41) is 0. The van der Waals surface area contributed by atoms with Crippen LogP contribution in [0.2, 0.25) is 0 Å². The molecule has 0 aliphatic heterocycles. The van der Waals surface area contributed by atoms with E-state index in [1.54, 1.807) is 7.11 Å². The predicted octanol–water partition coefficient (Wildman–Crippen LogP) is 3.44. The molecule has 0 heterocycles. The van der Waals surface area contributed by atoms with Crippen molar-refractivity contribution in [3.63, 3.8) is 0 Å². The fourth-order valence-electron chi connectivity index (χ4n) is 1.99. The topological polar surface area (TPSA) is 18.5 Å². The number of hydrogen-bond donors (Lipinski definition) is 0. The lowest BCUT2D eigenvalue weighted by atomic mass is 10.0. The first-order chi connectivity index (χ1) is 9.38. The van der Waals surface area contributed by atoms with Crippen LogP contribution in [0.5, 0.6) is 0 Å². The van der Waals surface area contributed by atoms with Crippen LogP contribution in [-0.2, 0) is 22.3 Å². The van der Waals surface area contributed by atoms with E-state index in [-0.39, 0.29) is 0 Å². The summed E-state index contributed by atoms with van der Waals surface area (Å²) < 4.78 is 10.1. The maximum atomic E-state index is 5.29. The zero-order chi connectivity index (χ0) is 13.3. The van der Waals surface area contributed by atoms with Crippen LogP contribution in [0.1, 0.15) is 16.7 Å². The van der Waals surface area contributed by atoms with E-state index in [2.05, 4.69) is 48.5 Å². The Kier molecular flexibility index (Phi) is 5.60. The van der Waals surface area contributed by atoms with Gasteiger partial charge in [-0.2, -0.15) is 0 Å². The molecule has 0 atom stereocenters. The highest BCUT2D eigenvalue weighted by Gasteiger charge is 1.97. The van der Waals surface area contributed by atoms with Gasteiger partial charge in [-0.1, -0.05) is 54.6 Å². The Bertz CT molecular complexity index is 462. The maximum Gasteiger partial charge on any atom is 0.146 e. The van der Waals surface area contributed by atoms with Gasteiger partial charge in [0.2, 0.25) is 0 Å². The van der Waals surface area contributed by atoms with Crippen molar-refractivity contribution in [1.29, 1.82) is 0 Å². The minimum absolute atomic E-state index is 0.367. The molecule has 0 saturated carbocycles. The molecule has 2 aromatic carbocycles. The molecule has 2 rings (SSSR count). The maximum absolute atomic E-state index is 5.29. The molecule has 0 bridgehead atoms. The number of benzene rings is 2. The average molecular weight is 256 g/mol. The van der Waals surface area contributed by atoms with Crippen LogP contribution >= 0.6 is 0 Å². The van der Waals surface area contributed by atoms with Crippen LogP contribution in [0.15, 0.2) is 54.6 Å². The Morgan fingerprint density at radius 2 is 1.42 bits per heavy atom. The highest BCUT2D eigenvalue weighted by Crippen LogP contribution is 2.11. The predicted molar refractivity (Wildman–Crippen MR) is 77.2 cm³/mol. The molecule has 0 unspecified atom stereocenters. The summed E-state index contributed by atoms with van der Waals surface area (Å²) in [6.45, 7) is 1.07. The van der Waals surface area contributed by atoms with Crippen LogP contribution in [0.3, 0.4) is 0 Å². The van der Waals surface area contributed by atoms with Crippen LogP contribution in [0.25, 0.3) is 0 Å². The second-order valence-electron chi connectivity index (χ2n) is 4.54. The fraction of sp³-hybridized carbons (Fsp3) is 0.294. The number of hydrogen-bond acceptors (Lipinski definition) is 2. The zero-order valence-corrected chi connectivity index (χ0v) is 11.3. The normalized spacial score (nSPS) is 10.6. The third-order valence-electron chi connectivity index (χ3n) is 3.01. The summed E-state index contributed by atoms with van der Waals surface area (Å²) in [4.78, 5) is 0. The molecule has 19 heavy (non-hydrogen) atoms. The third-order valence-corrected chi connectivity index (χ3v) is 3.01. The van der Waals surface area contributed by atoms with E-state index >= 15 is 0 Å². The van der Waals surface area contributed by atoms with Crippen LogP contribution in [0, 0.1) is 0 Å². The van der Waals surface area contributed by atoms with Gasteiger partial charge in [0.1, 0.15) is 6.79 Å². The van der Waals surface area contributed by atoms with E-state index in [9.17, 15) is 0 Å². The highest BCUT2D eigenvalue weighted by molar-refractivity contribution is 5.28. The van der Waals surface area contributed by atoms with Gasteiger partial charge in [-0.05, 0) is 29.5 Å². The fourth-order valence-corrected chi connectivity index (χ4v) is 1.99. The van der Waals surface area contributed by atoms with E-state index in [0.717, 1.165) is 12.8 Å². The van der Waals surface area contributed by atoms with Gasteiger partial charge < -0.3 is 9.47 Å². The summed E-state index contributed by atoms with van der Waals surface area (Å²) >= 11 is 0. The third kappa shape index (κ3) is 4.86. The van der Waals surface area contributed by atoms with Crippen LogP contribution in [0.4, 0.5) is 0 Å². The number of ether oxygens (including phenoxy) is 2. The standard InChI is InChI=1S/C17H20O2/c1-18-14-19-12-11-15-7-9-17(10-8-15)13-16-5-3-2-4-6-16/h2-10H,11-14H2,1H3. The van der Waals surface area contributed by atoms with E-state index in [4.69, 9.17) is 9.47 Å². The zero-order valence-electron chi connectivity index (χ0n) is 11.3. The molecule has 0 spiro atoms. The highest BCUT2D eigenvalue weighted by atomic mass is 16.7. The Morgan fingerprint density at radius 3 is 2.11 bits per heavy atom. The van der Waals surface area contributed by atoms with Crippen molar-refractivity contribution in [1.82, 2.24) is 0 Å². The van der Waals surface area contributed by atoms with E-state index in [0.29, 0.717) is 13.4 Å². The molecule has 0 radical (unpaired) electrons. The van der Waals surface area contributed by atoms with E-state index in [1.165, 1.54) is 16.7 Å². The van der Waals surface area contributed by atoms with Crippen molar-refractivity contribution in [2.45, 2.75) is 12.8 Å². The molecule has 0 aliphatic rings. The van der Waals surface area contributed by atoms with Crippen molar-refractivity contribution >= 4 is 0 Å². The largest absolute Gasteiger partial charge is 0.359 e. The van der Waals surface area contributed by atoms with E-state index in [1.807, 2.05) is 6.07 Å². The first-order valence-corrected chi connectivity index (χ1v) is 6.57. The molecule has 0 fully saturated rings. The molecule has 0 amide bonds. The van der Waals surface area contributed by atoms with Gasteiger partial charge >= 0.3 is 0 Å². The molecule has 100 valence electrons. The summed E-state index contributed by atoms with van der Waals surface area (Å²) in [6, 6.07) is 19.3. The monoisotopic (exact) mass is 256 g/mol. The molecule has 2 aromatic rings. The molecular weight excluding hydrogens is 236 g/mol. The van der Waals surface area contributed by atoms with Gasteiger partial charge in [0.25, 0.3) is 0 Å². The second-order valence-corrected chi connectivity index (χ2v) is 4.54. The molecule has 2 heteroatoms. The Labute approximate surface area is 115 Å². The van der Waals surface area contributed by atoms with Crippen molar-refractivity contribution in [3.8, 4) is 0 Å². The number of methoxy groups -OCH3 is 1. The van der Waals surface area contributed by atoms with Crippen LogP contribution in [-0.4, -0.2) is 20.5 Å². The average Bonchev–Trinajstić information content (AvgIpc) is 2.46. The lowest BCUT2D eigenvalue weighted by molar-refractivity contribution is -0.0291. The molecule has 0 N–H and O–H groups in total. The quantitative estimate of drug-likeness (QED) is 0.558. The summed E-state index contributed by atoms with van der Waals surface area (Å²) in [6.07, 6.45) is 1.91. The minimum atomic E-state index is 0.367. The number of rotatable bonds is 7. The van der Waals surface area contributed by atoms with Gasteiger partial charge in [-0.25, -0.2) is 0 Å². The molecule has 2 nitrogen and oxygen atoms in total. The molecule has 0 aromatic heterocycles. The lowest BCUT2D eigenvalue weighted by Gasteiger charge is -2.05. The van der Waals surface area contributed by atoms with Gasteiger partial charge in [0.05, 0.1) is 6.61 Å². The SMILES string of the molecule is COCOCCc1ccc(Cc2ccccc2)cc1. The van der Waals surface area contributed by atoms with Gasteiger partial charge in [0, 0.05) is 7.11 Å². The lowest BCUT2D eigenvalue weighted by Crippen LogP contribution is -2.01. The van der Waals surface area contributed by atoms with Crippen molar-refractivity contribution in [2.75, 3.05) is 20.5 Å². The molecular formula is C17H20O2.